The number of benzene rings is 1. The molecule has 0 heterocycles. The number of hydrogen-bond donors (Lipinski definition) is 2. The Morgan fingerprint density at radius 1 is 0.750 bits per heavy atom. The van der Waals surface area contributed by atoms with Gasteiger partial charge in [0.15, 0.2) is 0 Å². The maximum absolute atomic E-state index is 5.65. The van der Waals surface area contributed by atoms with E-state index in [2.05, 4.69) is 26.0 Å². The fourth-order valence-corrected chi connectivity index (χ4v) is 2.23. The molecule has 16 heavy (non-hydrogen) atoms. The quantitative estimate of drug-likeness (QED) is 0.768. The molecular formula is C14H24N2. The highest BCUT2D eigenvalue weighted by molar-refractivity contribution is 5.39. The topological polar surface area (TPSA) is 52.0 Å². The zero-order chi connectivity index (χ0) is 12.0. The number of hydrogen-bond acceptors (Lipinski definition) is 2. The summed E-state index contributed by atoms with van der Waals surface area (Å²) in [7, 11) is 0. The lowest BCUT2D eigenvalue weighted by atomic mass is 9.92. The van der Waals surface area contributed by atoms with Crippen molar-refractivity contribution in [2.45, 2.75) is 39.5 Å². The zero-order valence-electron chi connectivity index (χ0n) is 10.6. The van der Waals surface area contributed by atoms with E-state index in [4.69, 9.17) is 11.5 Å². The van der Waals surface area contributed by atoms with E-state index in [1.165, 1.54) is 22.3 Å². The minimum atomic E-state index is 0.729. The Hall–Kier alpha value is -0.860. The molecule has 0 aromatic heterocycles. The SMILES string of the molecule is CCc1cc(CCN)c(CC)cc1CCN. The Morgan fingerprint density at radius 3 is 1.38 bits per heavy atom. The van der Waals surface area contributed by atoms with E-state index in [1.54, 1.807) is 0 Å². The van der Waals surface area contributed by atoms with E-state index in [1.807, 2.05) is 0 Å². The highest BCUT2D eigenvalue weighted by Crippen LogP contribution is 2.19. The first kappa shape index (κ1) is 13.2. The van der Waals surface area contributed by atoms with Crippen molar-refractivity contribution < 1.29 is 0 Å². The molecule has 0 amide bonds. The van der Waals surface area contributed by atoms with Gasteiger partial charge >= 0.3 is 0 Å². The van der Waals surface area contributed by atoms with Crippen LogP contribution in [0.25, 0.3) is 0 Å². The van der Waals surface area contributed by atoms with Crippen LogP contribution in [0.4, 0.5) is 0 Å². The Balaban J connectivity index is 3.11. The predicted octanol–water partition coefficient (Wildman–Crippen LogP) is 1.81. The predicted molar refractivity (Wildman–Crippen MR) is 70.7 cm³/mol. The normalized spacial score (nSPS) is 10.8. The maximum atomic E-state index is 5.65. The van der Waals surface area contributed by atoms with Gasteiger partial charge in [0.05, 0.1) is 0 Å². The number of nitrogens with two attached hydrogens (primary N) is 2. The van der Waals surface area contributed by atoms with Crippen LogP contribution in [0, 0.1) is 0 Å². The molecule has 1 rings (SSSR count). The highest BCUT2D eigenvalue weighted by Gasteiger charge is 2.07. The highest BCUT2D eigenvalue weighted by atomic mass is 14.5. The third kappa shape index (κ3) is 3.06. The van der Waals surface area contributed by atoms with E-state index in [0.29, 0.717) is 0 Å². The Labute approximate surface area is 99.0 Å². The van der Waals surface area contributed by atoms with Crippen molar-refractivity contribution in [3.8, 4) is 0 Å². The molecule has 0 aliphatic heterocycles. The zero-order valence-corrected chi connectivity index (χ0v) is 10.6. The summed E-state index contributed by atoms with van der Waals surface area (Å²) in [5.74, 6) is 0. The first-order valence-electron chi connectivity index (χ1n) is 6.30. The average Bonchev–Trinajstić information content (AvgIpc) is 2.31. The first-order chi connectivity index (χ1) is 7.76. The molecular weight excluding hydrogens is 196 g/mol. The van der Waals surface area contributed by atoms with Crippen LogP contribution in [-0.2, 0) is 25.7 Å². The van der Waals surface area contributed by atoms with E-state index in [0.717, 1.165) is 38.8 Å². The summed E-state index contributed by atoms with van der Waals surface area (Å²) in [4.78, 5) is 0. The molecule has 2 heteroatoms. The lowest BCUT2D eigenvalue weighted by Crippen LogP contribution is -2.10. The van der Waals surface area contributed by atoms with Crippen molar-refractivity contribution in [1.82, 2.24) is 0 Å². The molecule has 1 aromatic carbocycles. The lowest BCUT2D eigenvalue weighted by molar-refractivity contribution is 0.899. The van der Waals surface area contributed by atoms with Gasteiger partial charge < -0.3 is 11.5 Å². The second-order valence-corrected chi connectivity index (χ2v) is 4.17. The van der Waals surface area contributed by atoms with Crippen LogP contribution in [0.5, 0.6) is 0 Å². The lowest BCUT2D eigenvalue weighted by Gasteiger charge is -2.14. The third-order valence-electron chi connectivity index (χ3n) is 3.11. The van der Waals surface area contributed by atoms with Crippen LogP contribution in [0.2, 0.25) is 0 Å². The molecule has 0 bridgehead atoms. The van der Waals surface area contributed by atoms with Crippen molar-refractivity contribution in [3.05, 3.63) is 34.4 Å². The fourth-order valence-electron chi connectivity index (χ4n) is 2.23. The number of aryl methyl sites for hydroxylation is 2. The molecule has 0 unspecified atom stereocenters. The molecule has 1 aromatic rings. The van der Waals surface area contributed by atoms with Gasteiger partial charge in [-0.05, 0) is 61.0 Å². The summed E-state index contributed by atoms with van der Waals surface area (Å²) < 4.78 is 0. The van der Waals surface area contributed by atoms with Crippen molar-refractivity contribution in [1.29, 1.82) is 0 Å². The molecule has 0 spiro atoms. The van der Waals surface area contributed by atoms with Crippen LogP contribution in [0.3, 0.4) is 0 Å². The van der Waals surface area contributed by atoms with Gasteiger partial charge in [0.25, 0.3) is 0 Å². The maximum Gasteiger partial charge on any atom is -0.00366 e. The second kappa shape index (κ2) is 6.66. The molecule has 90 valence electrons. The second-order valence-electron chi connectivity index (χ2n) is 4.17. The van der Waals surface area contributed by atoms with Crippen LogP contribution >= 0.6 is 0 Å². The van der Waals surface area contributed by atoms with Crippen LogP contribution in [0.1, 0.15) is 36.1 Å². The van der Waals surface area contributed by atoms with E-state index < -0.39 is 0 Å². The van der Waals surface area contributed by atoms with Gasteiger partial charge in [0.2, 0.25) is 0 Å². The number of rotatable bonds is 6. The Kier molecular flexibility index (Phi) is 5.50. The van der Waals surface area contributed by atoms with E-state index in [9.17, 15) is 0 Å². The molecule has 0 atom stereocenters. The molecule has 2 nitrogen and oxygen atoms in total. The largest absolute Gasteiger partial charge is 0.330 e. The summed E-state index contributed by atoms with van der Waals surface area (Å²) in [6.45, 7) is 5.86. The van der Waals surface area contributed by atoms with Crippen molar-refractivity contribution in [2.75, 3.05) is 13.1 Å². The third-order valence-corrected chi connectivity index (χ3v) is 3.11. The van der Waals surface area contributed by atoms with Gasteiger partial charge in [-0.1, -0.05) is 26.0 Å². The smallest absolute Gasteiger partial charge is 0.00366 e. The first-order valence-corrected chi connectivity index (χ1v) is 6.30. The summed E-state index contributed by atoms with van der Waals surface area (Å²) in [5.41, 5.74) is 17.0. The molecule has 0 saturated carbocycles. The van der Waals surface area contributed by atoms with Crippen molar-refractivity contribution >= 4 is 0 Å². The fraction of sp³-hybridized carbons (Fsp3) is 0.571. The summed E-state index contributed by atoms with van der Waals surface area (Å²) in [5, 5.41) is 0. The standard InChI is InChI=1S/C14H24N2/c1-3-11-9-14(6-8-16)12(4-2)10-13(11)5-7-15/h9-10H,3-8,15-16H2,1-2H3. The molecule has 0 aliphatic carbocycles. The average molecular weight is 220 g/mol. The van der Waals surface area contributed by atoms with Gasteiger partial charge in [-0.2, -0.15) is 0 Å². The van der Waals surface area contributed by atoms with Gasteiger partial charge in [-0.25, -0.2) is 0 Å². The molecule has 4 N–H and O–H groups in total. The Bertz CT molecular complexity index is 298. The monoisotopic (exact) mass is 220 g/mol. The summed E-state index contributed by atoms with van der Waals surface area (Å²) in [6, 6.07) is 4.66. The van der Waals surface area contributed by atoms with Crippen LogP contribution < -0.4 is 11.5 Å². The van der Waals surface area contributed by atoms with Crippen LogP contribution in [0.15, 0.2) is 12.1 Å². The molecule has 0 radical (unpaired) electrons. The minimum Gasteiger partial charge on any atom is -0.330 e. The molecule has 0 aliphatic rings. The van der Waals surface area contributed by atoms with Gasteiger partial charge in [-0.15, -0.1) is 0 Å². The van der Waals surface area contributed by atoms with Crippen LogP contribution in [-0.4, -0.2) is 13.1 Å². The minimum absolute atomic E-state index is 0.729. The van der Waals surface area contributed by atoms with Crippen molar-refractivity contribution in [3.63, 3.8) is 0 Å². The van der Waals surface area contributed by atoms with Gasteiger partial charge in [0, 0.05) is 0 Å². The molecule has 0 fully saturated rings. The van der Waals surface area contributed by atoms with E-state index in [-0.39, 0.29) is 0 Å². The molecule has 0 saturated heterocycles. The van der Waals surface area contributed by atoms with Gasteiger partial charge in [0.1, 0.15) is 0 Å². The van der Waals surface area contributed by atoms with E-state index >= 15 is 0 Å². The Morgan fingerprint density at radius 2 is 1.12 bits per heavy atom. The summed E-state index contributed by atoms with van der Waals surface area (Å²) in [6.07, 6.45) is 4.13. The summed E-state index contributed by atoms with van der Waals surface area (Å²) >= 11 is 0. The van der Waals surface area contributed by atoms with Gasteiger partial charge in [-0.3, -0.25) is 0 Å². The van der Waals surface area contributed by atoms with Crippen molar-refractivity contribution in [2.24, 2.45) is 11.5 Å².